The van der Waals surface area contributed by atoms with Gasteiger partial charge < -0.3 is 29.7 Å². The number of rotatable bonds is 9. The molecule has 3 fully saturated rings. The van der Waals surface area contributed by atoms with E-state index < -0.39 is 47.6 Å². The minimum Gasteiger partial charge on any atom is -0.460 e. The summed E-state index contributed by atoms with van der Waals surface area (Å²) < 4.78 is 11.7. The van der Waals surface area contributed by atoms with Crippen molar-refractivity contribution in [2.24, 2.45) is 23.7 Å². The normalized spacial score (nSPS) is 36.3. The van der Waals surface area contributed by atoms with E-state index >= 15 is 0 Å². The largest absolute Gasteiger partial charge is 0.460 e. The molecule has 0 aromatic heterocycles. The molecule has 1 aliphatic carbocycles. The number of aliphatic hydroxyl groups excluding tert-OH is 2. The van der Waals surface area contributed by atoms with Gasteiger partial charge in [0.25, 0.3) is 11.7 Å². The molecular weight excluding hydrogens is 478 g/mol. The molecule has 1 saturated carbocycles. The number of nitrogens with zero attached hydrogens (tertiary/aromatic N) is 1. The zero-order chi connectivity index (χ0) is 27.5. The maximum atomic E-state index is 13.3. The van der Waals surface area contributed by atoms with Gasteiger partial charge in [-0.3, -0.25) is 9.59 Å². The van der Waals surface area contributed by atoms with Crippen LogP contribution >= 0.6 is 0 Å². The molecular formula is C28H47NO8. The quantitative estimate of drug-likeness (QED) is 0.309. The molecule has 1 amide bonds. The van der Waals surface area contributed by atoms with Crippen LogP contribution in [0.1, 0.15) is 92.4 Å². The van der Waals surface area contributed by atoms with E-state index in [0.717, 1.165) is 19.3 Å². The van der Waals surface area contributed by atoms with E-state index in [4.69, 9.17) is 9.47 Å². The van der Waals surface area contributed by atoms with Gasteiger partial charge in [-0.25, -0.2) is 4.79 Å². The number of ether oxygens (including phenoxy) is 2. The molecule has 3 N–H and O–H groups in total. The monoisotopic (exact) mass is 525 g/mol. The maximum absolute atomic E-state index is 13.3. The lowest BCUT2D eigenvalue weighted by atomic mass is 9.78. The predicted octanol–water partition coefficient (Wildman–Crippen LogP) is 2.58. The number of hydrogen-bond donors (Lipinski definition) is 3. The third kappa shape index (κ3) is 6.72. The van der Waals surface area contributed by atoms with Gasteiger partial charge in [0.15, 0.2) is 0 Å². The Morgan fingerprint density at radius 1 is 1.05 bits per heavy atom. The molecule has 212 valence electrons. The van der Waals surface area contributed by atoms with Crippen molar-refractivity contribution < 1.29 is 39.2 Å². The Morgan fingerprint density at radius 3 is 2.38 bits per heavy atom. The highest BCUT2D eigenvalue weighted by atomic mass is 16.6. The van der Waals surface area contributed by atoms with E-state index in [-0.39, 0.29) is 36.5 Å². The van der Waals surface area contributed by atoms with Gasteiger partial charge in [0.1, 0.15) is 12.1 Å². The minimum absolute atomic E-state index is 0.0201. The Morgan fingerprint density at radius 2 is 1.76 bits per heavy atom. The van der Waals surface area contributed by atoms with Gasteiger partial charge in [-0.05, 0) is 75.5 Å². The van der Waals surface area contributed by atoms with Gasteiger partial charge in [-0.1, -0.05) is 34.6 Å². The number of carbonyl (C=O) groups is 3. The van der Waals surface area contributed by atoms with Crippen LogP contribution in [0, 0.1) is 23.7 Å². The maximum Gasteiger partial charge on any atom is 0.329 e. The average molecular weight is 526 g/mol. The first kappa shape index (κ1) is 30.0. The topological polar surface area (TPSA) is 134 Å². The number of hydrogen-bond acceptors (Lipinski definition) is 8. The standard InChI is InChI=1S/C28H47NO8/c1-6-20-11-9-18(5)28(35,37-20)25(32)26(33)29-13-7-8-21(29)27(34)36-24(16(2)3)17(4)14-19-10-12-22(30)23(31)15-19/h16-24,30-31,35H,6-15H2,1-5H3/t17-,18-,19+,20?,21+,22-,23-,24+,28-/m1/s1. The van der Waals surface area contributed by atoms with E-state index in [0.29, 0.717) is 38.5 Å². The summed E-state index contributed by atoms with van der Waals surface area (Å²) in [5.41, 5.74) is 0. The Labute approximate surface area is 220 Å². The first-order valence-corrected chi connectivity index (χ1v) is 14.2. The molecule has 2 aliphatic heterocycles. The van der Waals surface area contributed by atoms with Crippen LogP contribution in [0.3, 0.4) is 0 Å². The van der Waals surface area contributed by atoms with Crippen LogP contribution in [-0.2, 0) is 23.9 Å². The second-order valence-electron chi connectivity index (χ2n) is 12.0. The zero-order valence-electron chi connectivity index (χ0n) is 23.1. The third-order valence-electron chi connectivity index (χ3n) is 8.76. The van der Waals surface area contributed by atoms with Crippen molar-refractivity contribution in [3.63, 3.8) is 0 Å². The van der Waals surface area contributed by atoms with Crippen LogP contribution in [0.4, 0.5) is 0 Å². The van der Waals surface area contributed by atoms with Crippen molar-refractivity contribution in [2.75, 3.05) is 6.54 Å². The summed E-state index contributed by atoms with van der Waals surface area (Å²) in [7, 11) is 0. The molecule has 0 bridgehead atoms. The van der Waals surface area contributed by atoms with Crippen molar-refractivity contribution in [1.82, 2.24) is 4.90 Å². The summed E-state index contributed by atoms with van der Waals surface area (Å²) >= 11 is 0. The molecule has 0 radical (unpaired) electrons. The average Bonchev–Trinajstić information content (AvgIpc) is 3.35. The summed E-state index contributed by atoms with van der Waals surface area (Å²) in [6.45, 7) is 9.85. The lowest BCUT2D eigenvalue weighted by Crippen LogP contribution is -2.59. The van der Waals surface area contributed by atoms with E-state index in [9.17, 15) is 29.7 Å². The summed E-state index contributed by atoms with van der Waals surface area (Å²) in [4.78, 5) is 41.0. The molecule has 9 nitrogen and oxygen atoms in total. The fourth-order valence-corrected chi connectivity index (χ4v) is 6.38. The molecule has 1 unspecified atom stereocenters. The number of ketones is 1. The number of likely N-dealkylation sites (tertiary alicyclic amines) is 1. The van der Waals surface area contributed by atoms with Crippen LogP contribution in [0.15, 0.2) is 0 Å². The number of esters is 1. The van der Waals surface area contributed by atoms with Gasteiger partial charge in [0, 0.05) is 12.5 Å². The molecule has 0 aromatic rings. The highest BCUT2D eigenvalue weighted by molar-refractivity contribution is 6.39. The number of Topliss-reactive ketones (excluding diaryl/α,β-unsaturated/α-hetero) is 1. The van der Waals surface area contributed by atoms with Crippen molar-refractivity contribution in [3.8, 4) is 0 Å². The van der Waals surface area contributed by atoms with Gasteiger partial charge in [0.2, 0.25) is 5.79 Å². The van der Waals surface area contributed by atoms with E-state index in [1.54, 1.807) is 6.92 Å². The lowest BCUT2D eigenvalue weighted by Gasteiger charge is -2.40. The molecule has 3 rings (SSSR count). The zero-order valence-corrected chi connectivity index (χ0v) is 23.1. The van der Waals surface area contributed by atoms with Gasteiger partial charge in [-0.2, -0.15) is 0 Å². The van der Waals surface area contributed by atoms with Gasteiger partial charge in [-0.15, -0.1) is 0 Å². The number of aliphatic hydroxyl groups is 3. The summed E-state index contributed by atoms with van der Waals surface area (Å²) in [6.07, 6.45) is 3.47. The molecule has 0 aromatic carbocycles. The SMILES string of the molecule is CCC1CC[C@@H](C)[C@](O)(C(=O)C(=O)N2CCC[C@H]2C(=O)O[C@@H](C(C)C)[C@H](C)C[C@@H]2CC[C@@H](O)[C@H](O)C2)O1. The molecule has 2 heterocycles. The van der Waals surface area contributed by atoms with E-state index in [2.05, 4.69) is 0 Å². The smallest absolute Gasteiger partial charge is 0.329 e. The van der Waals surface area contributed by atoms with Crippen LogP contribution in [0.5, 0.6) is 0 Å². The van der Waals surface area contributed by atoms with E-state index in [1.165, 1.54) is 4.90 Å². The highest BCUT2D eigenvalue weighted by Crippen LogP contribution is 2.36. The van der Waals surface area contributed by atoms with Crippen LogP contribution in [-0.4, -0.2) is 80.7 Å². The predicted molar refractivity (Wildman–Crippen MR) is 136 cm³/mol. The lowest BCUT2D eigenvalue weighted by molar-refractivity contribution is -0.262. The van der Waals surface area contributed by atoms with Crippen molar-refractivity contribution in [2.45, 2.75) is 129 Å². The van der Waals surface area contributed by atoms with Crippen molar-refractivity contribution in [1.29, 1.82) is 0 Å². The van der Waals surface area contributed by atoms with Crippen LogP contribution in [0.25, 0.3) is 0 Å². The second kappa shape index (κ2) is 12.5. The molecule has 9 heteroatoms. The Hall–Kier alpha value is -1.55. The van der Waals surface area contributed by atoms with Gasteiger partial charge >= 0.3 is 5.97 Å². The summed E-state index contributed by atoms with van der Waals surface area (Å²) in [6, 6.07) is -0.874. The molecule has 3 aliphatic rings. The number of amides is 1. The first-order chi connectivity index (χ1) is 17.4. The van der Waals surface area contributed by atoms with Crippen molar-refractivity contribution in [3.05, 3.63) is 0 Å². The summed E-state index contributed by atoms with van der Waals surface area (Å²) in [5.74, 6) is -4.84. The Bertz CT molecular complexity index is 818. The van der Waals surface area contributed by atoms with E-state index in [1.807, 2.05) is 27.7 Å². The van der Waals surface area contributed by atoms with Crippen LogP contribution < -0.4 is 0 Å². The fraction of sp³-hybridized carbons (Fsp3) is 0.893. The molecule has 2 saturated heterocycles. The molecule has 0 spiro atoms. The third-order valence-corrected chi connectivity index (χ3v) is 8.76. The Balaban J connectivity index is 1.65. The van der Waals surface area contributed by atoms with Crippen LogP contribution in [0.2, 0.25) is 0 Å². The minimum atomic E-state index is -2.18. The fourth-order valence-electron chi connectivity index (χ4n) is 6.38. The molecule has 9 atom stereocenters. The highest BCUT2D eigenvalue weighted by Gasteiger charge is 2.52. The Kier molecular flexibility index (Phi) is 10.2. The van der Waals surface area contributed by atoms with Gasteiger partial charge in [0.05, 0.1) is 18.3 Å². The second-order valence-corrected chi connectivity index (χ2v) is 12.0. The van der Waals surface area contributed by atoms with Crippen molar-refractivity contribution >= 4 is 17.7 Å². The number of carbonyl (C=O) groups excluding carboxylic acids is 3. The first-order valence-electron chi connectivity index (χ1n) is 14.2. The molecule has 37 heavy (non-hydrogen) atoms. The summed E-state index contributed by atoms with van der Waals surface area (Å²) in [5, 5.41) is 30.9.